The second kappa shape index (κ2) is 6.02. The molecule has 0 radical (unpaired) electrons. The molecule has 4 heteroatoms. The van der Waals surface area contributed by atoms with Crippen LogP contribution in [0.4, 0.5) is 0 Å². The minimum Gasteiger partial charge on any atom is -0.242 e. The Morgan fingerprint density at radius 3 is 2.15 bits per heavy atom. The summed E-state index contributed by atoms with van der Waals surface area (Å²) in [6.07, 6.45) is 0. The van der Waals surface area contributed by atoms with Crippen molar-refractivity contribution >= 4 is 11.9 Å². The van der Waals surface area contributed by atoms with Crippen molar-refractivity contribution in [3.63, 3.8) is 0 Å². The average molecular weight is 270 g/mol. The second-order valence-electron chi connectivity index (χ2n) is 4.36. The number of carbonyl (C=O) groups is 2. The molecule has 2 aromatic carbocycles. The lowest BCUT2D eigenvalue weighted by Gasteiger charge is -2.07. The van der Waals surface area contributed by atoms with E-state index in [2.05, 4.69) is 9.78 Å². The monoisotopic (exact) mass is 270 g/mol. The van der Waals surface area contributed by atoms with Crippen molar-refractivity contribution in [2.75, 3.05) is 0 Å². The van der Waals surface area contributed by atoms with E-state index in [9.17, 15) is 9.59 Å². The Kier molecular flexibility index (Phi) is 4.15. The molecule has 0 amide bonds. The van der Waals surface area contributed by atoms with Crippen molar-refractivity contribution in [2.45, 2.75) is 13.8 Å². The minimum absolute atomic E-state index is 0.321. The summed E-state index contributed by atoms with van der Waals surface area (Å²) < 4.78 is 0. The standard InChI is InChI=1S/C16H14O4/c1-11-7-6-10-14(12(11)2)16(18)20-19-15(17)13-8-4-3-5-9-13/h3-10H,1-2H3. The molecular weight excluding hydrogens is 256 g/mol. The molecule has 2 aromatic rings. The summed E-state index contributed by atoms with van der Waals surface area (Å²) in [6, 6.07) is 13.6. The zero-order valence-electron chi connectivity index (χ0n) is 11.3. The highest BCUT2D eigenvalue weighted by atomic mass is 17.2. The van der Waals surface area contributed by atoms with Gasteiger partial charge in [-0.05, 0) is 43.2 Å². The zero-order chi connectivity index (χ0) is 14.5. The normalized spacial score (nSPS) is 9.90. The molecule has 0 unspecified atom stereocenters. The number of rotatable bonds is 2. The van der Waals surface area contributed by atoms with Crippen molar-refractivity contribution in [3.8, 4) is 0 Å². The molecule has 0 saturated carbocycles. The number of hydrogen-bond donors (Lipinski definition) is 0. The molecule has 2 rings (SSSR count). The predicted molar refractivity (Wildman–Crippen MR) is 73.2 cm³/mol. The molecule has 102 valence electrons. The first-order chi connectivity index (χ1) is 9.59. The summed E-state index contributed by atoms with van der Waals surface area (Å²) in [5.41, 5.74) is 2.47. The highest BCUT2D eigenvalue weighted by Gasteiger charge is 2.16. The molecule has 0 atom stereocenters. The highest BCUT2D eigenvalue weighted by Crippen LogP contribution is 2.14. The minimum atomic E-state index is -0.704. The molecule has 0 N–H and O–H groups in total. The third-order valence-corrected chi connectivity index (χ3v) is 3.03. The number of hydrogen-bond acceptors (Lipinski definition) is 4. The molecule has 4 nitrogen and oxygen atoms in total. The van der Waals surface area contributed by atoms with Crippen LogP contribution in [-0.2, 0) is 9.78 Å². The van der Waals surface area contributed by atoms with Crippen LogP contribution in [0.1, 0.15) is 31.8 Å². The van der Waals surface area contributed by atoms with Gasteiger partial charge in [-0.15, -0.1) is 0 Å². The fourth-order valence-corrected chi connectivity index (χ4v) is 1.72. The summed E-state index contributed by atoms with van der Waals surface area (Å²) in [4.78, 5) is 32.6. The number of benzene rings is 2. The highest BCUT2D eigenvalue weighted by molar-refractivity contribution is 5.93. The lowest BCUT2D eigenvalue weighted by molar-refractivity contribution is -0.187. The van der Waals surface area contributed by atoms with Gasteiger partial charge in [0.15, 0.2) is 0 Å². The van der Waals surface area contributed by atoms with E-state index in [4.69, 9.17) is 0 Å². The van der Waals surface area contributed by atoms with Crippen LogP contribution in [0.25, 0.3) is 0 Å². The van der Waals surface area contributed by atoms with E-state index in [1.54, 1.807) is 42.5 Å². The molecule has 0 aliphatic carbocycles. The Morgan fingerprint density at radius 2 is 1.45 bits per heavy atom. The van der Waals surface area contributed by atoms with Crippen LogP contribution in [0.5, 0.6) is 0 Å². The van der Waals surface area contributed by atoms with Gasteiger partial charge in [-0.25, -0.2) is 19.4 Å². The van der Waals surface area contributed by atoms with Gasteiger partial charge in [0.25, 0.3) is 0 Å². The van der Waals surface area contributed by atoms with Gasteiger partial charge in [-0.2, -0.15) is 0 Å². The van der Waals surface area contributed by atoms with Gasteiger partial charge in [0, 0.05) is 0 Å². The van der Waals surface area contributed by atoms with E-state index in [0.717, 1.165) is 11.1 Å². The van der Waals surface area contributed by atoms with Crippen LogP contribution in [0.2, 0.25) is 0 Å². The van der Waals surface area contributed by atoms with Crippen LogP contribution in [0.3, 0.4) is 0 Å². The Labute approximate surface area is 116 Å². The van der Waals surface area contributed by atoms with Crippen molar-refractivity contribution in [3.05, 3.63) is 70.8 Å². The number of aryl methyl sites for hydroxylation is 1. The van der Waals surface area contributed by atoms with E-state index in [0.29, 0.717) is 11.1 Å². The largest absolute Gasteiger partial charge is 0.386 e. The molecular formula is C16H14O4. The lowest BCUT2D eigenvalue weighted by atomic mass is 10.0. The molecule has 0 aliphatic rings. The first-order valence-electron chi connectivity index (χ1n) is 6.14. The Bertz CT molecular complexity index is 632. The smallest absolute Gasteiger partial charge is 0.242 e. The van der Waals surface area contributed by atoms with Crippen molar-refractivity contribution < 1.29 is 19.4 Å². The van der Waals surface area contributed by atoms with Gasteiger partial charge >= 0.3 is 11.9 Å². The fraction of sp³-hybridized carbons (Fsp3) is 0.125. The van der Waals surface area contributed by atoms with Gasteiger partial charge in [0.05, 0.1) is 11.1 Å². The topological polar surface area (TPSA) is 52.6 Å². The summed E-state index contributed by atoms with van der Waals surface area (Å²) in [5.74, 6) is -1.39. The van der Waals surface area contributed by atoms with Crippen LogP contribution in [0.15, 0.2) is 48.5 Å². The Hall–Kier alpha value is -2.62. The van der Waals surface area contributed by atoms with Crippen LogP contribution in [-0.4, -0.2) is 11.9 Å². The van der Waals surface area contributed by atoms with E-state index >= 15 is 0 Å². The Morgan fingerprint density at radius 1 is 0.800 bits per heavy atom. The third-order valence-electron chi connectivity index (χ3n) is 3.03. The van der Waals surface area contributed by atoms with Gasteiger partial charge in [0.1, 0.15) is 0 Å². The summed E-state index contributed by atoms with van der Waals surface area (Å²) in [5, 5.41) is 0. The first-order valence-corrected chi connectivity index (χ1v) is 6.14. The molecule has 0 heterocycles. The van der Waals surface area contributed by atoms with E-state index < -0.39 is 11.9 Å². The van der Waals surface area contributed by atoms with Crippen molar-refractivity contribution in [1.82, 2.24) is 0 Å². The summed E-state index contributed by atoms with van der Waals surface area (Å²) >= 11 is 0. The van der Waals surface area contributed by atoms with Crippen LogP contribution in [0, 0.1) is 13.8 Å². The van der Waals surface area contributed by atoms with E-state index in [1.165, 1.54) is 0 Å². The van der Waals surface area contributed by atoms with Crippen LogP contribution < -0.4 is 0 Å². The molecule has 0 bridgehead atoms. The molecule has 0 saturated heterocycles. The summed E-state index contributed by atoms with van der Waals surface area (Å²) in [6.45, 7) is 3.70. The molecule has 0 aromatic heterocycles. The third kappa shape index (κ3) is 3.03. The molecule has 0 fully saturated rings. The predicted octanol–water partition coefficient (Wildman–Crippen LogP) is 3.23. The van der Waals surface area contributed by atoms with Gasteiger partial charge < -0.3 is 0 Å². The first kappa shape index (κ1) is 13.8. The fourth-order valence-electron chi connectivity index (χ4n) is 1.72. The molecule has 20 heavy (non-hydrogen) atoms. The second-order valence-corrected chi connectivity index (χ2v) is 4.36. The maximum absolute atomic E-state index is 11.9. The van der Waals surface area contributed by atoms with Crippen LogP contribution >= 0.6 is 0 Å². The molecule has 0 spiro atoms. The van der Waals surface area contributed by atoms with Gasteiger partial charge in [-0.3, -0.25) is 0 Å². The average Bonchev–Trinajstić information content (AvgIpc) is 2.48. The van der Waals surface area contributed by atoms with Gasteiger partial charge in [-0.1, -0.05) is 30.3 Å². The zero-order valence-corrected chi connectivity index (χ0v) is 11.3. The quantitative estimate of drug-likeness (QED) is 0.621. The van der Waals surface area contributed by atoms with E-state index in [1.807, 2.05) is 19.9 Å². The maximum Gasteiger partial charge on any atom is 0.386 e. The van der Waals surface area contributed by atoms with Crippen molar-refractivity contribution in [2.24, 2.45) is 0 Å². The van der Waals surface area contributed by atoms with Crippen molar-refractivity contribution in [1.29, 1.82) is 0 Å². The maximum atomic E-state index is 11.9. The summed E-state index contributed by atoms with van der Waals surface area (Å²) in [7, 11) is 0. The van der Waals surface area contributed by atoms with Gasteiger partial charge in [0.2, 0.25) is 0 Å². The SMILES string of the molecule is Cc1cccc(C(=O)OOC(=O)c2ccccc2)c1C. The van der Waals surface area contributed by atoms with E-state index in [-0.39, 0.29) is 0 Å². The Balaban J connectivity index is 2.03. The number of carbonyl (C=O) groups excluding carboxylic acids is 2. The lowest BCUT2D eigenvalue weighted by Crippen LogP contribution is -2.13. The molecule has 0 aliphatic heterocycles.